The molecular formula is C23H31Cl2N5O3S. The van der Waals surface area contributed by atoms with Gasteiger partial charge in [-0.15, -0.1) is 0 Å². The number of benzene rings is 1. The predicted octanol–water partition coefficient (Wildman–Crippen LogP) is 3.74. The lowest BCUT2D eigenvalue weighted by atomic mass is 9.75. The Labute approximate surface area is 210 Å². The Bertz CT molecular complexity index is 1130. The Morgan fingerprint density at radius 3 is 2.44 bits per heavy atom. The summed E-state index contributed by atoms with van der Waals surface area (Å²) in [7, 11) is -4.09. The number of rotatable bonds is 7. The number of aryl methyl sites for hydroxylation is 1. The summed E-state index contributed by atoms with van der Waals surface area (Å²) >= 11 is 12.1. The highest BCUT2D eigenvalue weighted by molar-refractivity contribution is 7.89. The molecule has 1 saturated carbocycles. The first-order valence-electron chi connectivity index (χ1n) is 11.6. The summed E-state index contributed by atoms with van der Waals surface area (Å²) in [6.45, 7) is 1.71. The molecule has 0 bridgehead atoms. The largest absolute Gasteiger partial charge is 0.396 e. The number of nitrogens with zero attached hydrogens (tertiary/aromatic N) is 2. The van der Waals surface area contributed by atoms with E-state index < -0.39 is 16.1 Å². The minimum absolute atomic E-state index is 0.0373. The number of nitrogens with two attached hydrogens (primary N) is 2. The number of piperidine rings is 1. The lowest BCUT2D eigenvalue weighted by Gasteiger charge is -2.42. The number of anilines is 2. The molecule has 4 rings (SSSR count). The molecule has 186 valence electrons. The number of nitrogen functional groups attached to an aromatic ring is 2. The van der Waals surface area contributed by atoms with Crippen LogP contribution in [0.4, 0.5) is 11.5 Å². The standard InChI is InChI=1S/C23H31Cl2N5O3S/c24-18-12-17(13-19(25)22(18)27)34(32,33)28-20(8-11-29-9-3-6-21(29)26)23(31)30-10-7-15-4-1-2-5-16(15)14-30/h3,6,9,12-13,15-16,20,28H,1-2,4-5,7-8,10-11,14,26-27H2/t15-,16-,20?/m0/s1. The van der Waals surface area contributed by atoms with E-state index >= 15 is 0 Å². The van der Waals surface area contributed by atoms with E-state index in [9.17, 15) is 13.2 Å². The minimum Gasteiger partial charge on any atom is -0.396 e. The second kappa shape index (κ2) is 10.4. The van der Waals surface area contributed by atoms with E-state index in [1.54, 1.807) is 16.8 Å². The molecule has 8 nitrogen and oxygen atoms in total. The van der Waals surface area contributed by atoms with Gasteiger partial charge in [-0.05, 0) is 55.4 Å². The van der Waals surface area contributed by atoms with E-state index in [1.807, 2.05) is 11.0 Å². The number of carbonyl (C=O) groups is 1. The molecule has 2 heterocycles. The zero-order valence-corrected chi connectivity index (χ0v) is 21.2. The quantitative estimate of drug-likeness (QED) is 0.473. The number of nitrogens with one attached hydrogen (secondary N) is 1. The predicted molar refractivity (Wildman–Crippen MR) is 135 cm³/mol. The molecule has 1 unspecified atom stereocenters. The van der Waals surface area contributed by atoms with Gasteiger partial charge in [0.1, 0.15) is 11.9 Å². The van der Waals surface area contributed by atoms with Gasteiger partial charge < -0.3 is 20.9 Å². The highest BCUT2D eigenvalue weighted by Gasteiger charge is 2.36. The number of amides is 1. The first-order valence-corrected chi connectivity index (χ1v) is 13.9. The molecule has 3 atom stereocenters. The summed E-state index contributed by atoms with van der Waals surface area (Å²) in [6, 6.07) is 5.09. The molecule has 2 aromatic rings. The van der Waals surface area contributed by atoms with Gasteiger partial charge in [0.25, 0.3) is 0 Å². The molecule has 5 N–H and O–H groups in total. The van der Waals surface area contributed by atoms with E-state index in [0.29, 0.717) is 37.3 Å². The van der Waals surface area contributed by atoms with Crippen molar-refractivity contribution >= 4 is 50.6 Å². The number of sulfonamides is 1. The van der Waals surface area contributed by atoms with Crippen molar-refractivity contribution in [3.05, 3.63) is 40.5 Å². The SMILES string of the molecule is Nc1c(Cl)cc(S(=O)(=O)NC(CCn2cccc2N)C(=O)N2CC[C@@H]3CCCC[C@H]3C2)cc1Cl. The van der Waals surface area contributed by atoms with Crippen molar-refractivity contribution < 1.29 is 13.2 Å². The Kier molecular flexibility index (Phi) is 7.66. The highest BCUT2D eigenvalue weighted by atomic mass is 35.5. The van der Waals surface area contributed by atoms with Gasteiger partial charge >= 0.3 is 0 Å². The van der Waals surface area contributed by atoms with Gasteiger partial charge in [0, 0.05) is 25.8 Å². The average molecular weight is 529 g/mol. The number of aromatic nitrogens is 1. The summed E-state index contributed by atoms with van der Waals surface area (Å²) in [6.07, 6.45) is 7.79. The third-order valence-electron chi connectivity index (χ3n) is 7.08. The number of fused-ring (bicyclic) bond motifs is 1. The molecule has 1 aromatic heterocycles. The monoisotopic (exact) mass is 527 g/mol. The lowest BCUT2D eigenvalue weighted by molar-refractivity contribution is -0.136. The van der Waals surface area contributed by atoms with Crippen LogP contribution in [0.15, 0.2) is 35.4 Å². The maximum atomic E-state index is 13.6. The first kappa shape index (κ1) is 25.2. The first-order chi connectivity index (χ1) is 16.2. The van der Waals surface area contributed by atoms with Crippen molar-refractivity contribution in [1.82, 2.24) is 14.2 Å². The van der Waals surface area contributed by atoms with E-state index in [1.165, 1.54) is 31.4 Å². The molecule has 0 radical (unpaired) electrons. The van der Waals surface area contributed by atoms with E-state index in [2.05, 4.69) is 4.72 Å². The molecule has 1 aliphatic heterocycles. The number of hydrogen-bond acceptors (Lipinski definition) is 5. The molecule has 34 heavy (non-hydrogen) atoms. The van der Waals surface area contributed by atoms with Crippen molar-refractivity contribution in [3.63, 3.8) is 0 Å². The molecule has 1 amide bonds. The summed E-state index contributed by atoms with van der Waals surface area (Å²) in [5.41, 5.74) is 11.8. The molecule has 1 aromatic carbocycles. The normalized spacial score (nSPS) is 21.8. The Hall–Kier alpha value is -1.94. The number of hydrogen-bond donors (Lipinski definition) is 3. The Morgan fingerprint density at radius 1 is 1.12 bits per heavy atom. The lowest BCUT2D eigenvalue weighted by Crippen LogP contribution is -2.53. The van der Waals surface area contributed by atoms with Crippen molar-refractivity contribution in [2.75, 3.05) is 24.6 Å². The summed E-state index contributed by atoms with van der Waals surface area (Å²) in [5, 5.41) is 0.0745. The van der Waals surface area contributed by atoms with Crippen molar-refractivity contribution in [1.29, 1.82) is 0 Å². The zero-order valence-electron chi connectivity index (χ0n) is 18.9. The van der Waals surface area contributed by atoms with Crippen LogP contribution in [0.5, 0.6) is 0 Å². The van der Waals surface area contributed by atoms with Crippen molar-refractivity contribution in [2.45, 2.75) is 56.0 Å². The van der Waals surface area contributed by atoms with Gasteiger partial charge in [0.15, 0.2) is 0 Å². The fraction of sp³-hybridized carbons (Fsp3) is 0.522. The summed E-state index contributed by atoms with van der Waals surface area (Å²) in [5.74, 6) is 1.48. The van der Waals surface area contributed by atoms with Crippen LogP contribution >= 0.6 is 23.2 Å². The minimum atomic E-state index is -4.09. The van der Waals surface area contributed by atoms with E-state index in [-0.39, 0.29) is 33.0 Å². The van der Waals surface area contributed by atoms with Crippen LogP contribution in [-0.4, -0.2) is 42.9 Å². The molecule has 11 heteroatoms. The molecule has 0 spiro atoms. The van der Waals surface area contributed by atoms with Crippen LogP contribution in [-0.2, 0) is 21.4 Å². The van der Waals surface area contributed by atoms with Crippen LogP contribution in [0, 0.1) is 11.8 Å². The van der Waals surface area contributed by atoms with Crippen LogP contribution in [0.25, 0.3) is 0 Å². The second-order valence-corrected chi connectivity index (χ2v) is 11.8. The second-order valence-electron chi connectivity index (χ2n) is 9.27. The number of likely N-dealkylation sites (tertiary alicyclic amines) is 1. The maximum Gasteiger partial charge on any atom is 0.241 e. The van der Waals surface area contributed by atoms with Gasteiger partial charge in [0.2, 0.25) is 15.9 Å². The molecule has 1 saturated heterocycles. The van der Waals surface area contributed by atoms with E-state index in [0.717, 1.165) is 12.8 Å². The fourth-order valence-electron chi connectivity index (χ4n) is 5.12. The van der Waals surface area contributed by atoms with Crippen LogP contribution in [0.1, 0.15) is 38.5 Å². The summed E-state index contributed by atoms with van der Waals surface area (Å²) < 4.78 is 30.9. The Morgan fingerprint density at radius 2 is 1.79 bits per heavy atom. The Balaban J connectivity index is 1.56. The topological polar surface area (TPSA) is 123 Å². The van der Waals surface area contributed by atoms with Gasteiger partial charge in [-0.2, -0.15) is 4.72 Å². The molecule has 2 fully saturated rings. The van der Waals surface area contributed by atoms with E-state index in [4.69, 9.17) is 34.7 Å². The van der Waals surface area contributed by atoms with Crippen LogP contribution in [0.2, 0.25) is 10.0 Å². The fourth-order valence-corrected chi connectivity index (χ4v) is 7.02. The van der Waals surface area contributed by atoms with Gasteiger partial charge in [-0.1, -0.05) is 42.5 Å². The number of halogens is 2. The molecular weight excluding hydrogens is 497 g/mol. The van der Waals surface area contributed by atoms with Crippen LogP contribution < -0.4 is 16.2 Å². The van der Waals surface area contributed by atoms with Gasteiger partial charge in [-0.25, -0.2) is 8.42 Å². The third kappa shape index (κ3) is 5.48. The van der Waals surface area contributed by atoms with Crippen LogP contribution in [0.3, 0.4) is 0 Å². The smallest absolute Gasteiger partial charge is 0.241 e. The summed E-state index contributed by atoms with van der Waals surface area (Å²) in [4.78, 5) is 15.3. The highest BCUT2D eigenvalue weighted by Crippen LogP contribution is 2.36. The van der Waals surface area contributed by atoms with Gasteiger partial charge in [-0.3, -0.25) is 4.79 Å². The maximum absolute atomic E-state index is 13.6. The van der Waals surface area contributed by atoms with Gasteiger partial charge in [0.05, 0.1) is 20.6 Å². The third-order valence-corrected chi connectivity index (χ3v) is 9.16. The van der Waals surface area contributed by atoms with Crippen molar-refractivity contribution in [3.8, 4) is 0 Å². The van der Waals surface area contributed by atoms with Crippen molar-refractivity contribution in [2.24, 2.45) is 11.8 Å². The zero-order chi connectivity index (χ0) is 24.5. The average Bonchev–Trinajstić information content (AvgIpc) is 3.23. The number of carbonyl (C=O) groups excluding carboxylic acids is 1. The molecule has 2 aliphatic rings. The molecule has 1 aliphatic carbocycles.